The minimum Gasteiger partial charge on any atom is -0.496 e. The number of aromatic nitrogens is 2. The summed E-state index contributed by atoms with van der Waals surface area (Å²) in [7, 11) is 0.190. The number of fused-ring (bicyclic) bond motifs is 3. The van der Waals surface area contributed by atoms with Crippen LogP contribution in [0, 0.1) is 25.2 Å². The van der Waals surface area contributed by atoms with E-state index in [4.69, 9.17) is 19.4 Å². The standard InChI is InChI=1S/C45H56N6O7S2/c1-27(2)36-26-59-42(48-36)35-22-40(33-18-19-39(57-7)29(4)41(33)47-35)58-32-21-37-38(52)24-45(44(54)49-60(55,56)50(5)6)23-30(45)15-11-9-8-10-12-17-34(43(53)51(37)25-32)46-31-16-13-14-28(3)20-31/h11,13-16,18-20,22,26-27,30,32,34,37,46H,8-10,12,17,21,23-25H2,1-7H3,(H,49,54)/b15-11-/t30-,32-,34+,37+,45-/m1/s1. The fourth-order valence-corrected chi connectivity index (χ4v) is 9.96. The van der Waals surface area contributed by atoms with Crippen LogP contribution < -0.4 is 19.5 Å². The van der Waals surface area contributed by atoms with Gasteiger partial charge in [-0.3, -0.25) is 14.4 Å². The van der Waals surface area contributed by atoms with Crippen molar-refractivity contribution in [1.29, 1.82) is 0 Å². The zero-order valence-electron chi connectivity index (χ0n) is 35.5. The number of carbonyl (C=O) groups excluding carboxylic acids is 3. The molecule has 1 saturated carbocycles. The summed E-state index contributed by atoms with van der Waals surface area (Å²) in [6.07, 6.45) is 7.56. The number of ketones is 1. The third kappa shape index (κ3) is 9.08. The summed E-state index contributed by atoms with van der Waals surface area (Å²) < 4.78 is 41.5. The summed E-state index contributed by atoms with van der Waals surface area (Å²) >= 11 is 1.51. The van der Waals surface area contributed by atoms with Crippen molar-refractivity contribution < 1.29 is 32.3 Å². The van der Waals surface area contributed by atoms with Crippen LogP contribution >= 0.6 is 11.3 Å². The van der Waals surface area contributed by atoms with Crippen molar-refractivity contribution in [2.24, 2.45) is 11.3 Å². The van der Waals surface area contributed by atoms with Gasteiger partial charge in [0.1, 0.15) is 34.3 Å². The lowest BCUT2D eigenvalue weighted by Gasteiger charge is -2.30. The SMILES string of the molecule is COc1ccc2c(O[C@@H]3C[C@H]4C(=O)C[C@]5(C(=O)NS(=O)(=O)N(C)C)C[C@H]5/C=C\CCCCC[C@H](Nc5cccc(C)c5)C(=O)N4C3)cc(-c3nc(C(C)C)cs3)nc2c1C. The minimum atomic E-state index is -4.11. The number of carbonyl (C=O) groups is 3. The Morgan fingerprint density at radius 3 is 2.57 bits per heavy atom. The van der Waals surface area contributed by atoms with E-state index in [1.165, 1.54) is 25.4 Å². The van der Waals surface area contributed by atoms with Gasteiger partial charge in [-0.15, -0.1) is 11.3 Å². The molecule has 1 saturated heterocycles. The summed E-state index contributed by atoms with van der Waals surface area (Å²) in [6, 6.07) is 12.0. The van der Waals surface area contributed by atoms with Gasteiger partial charge in [-0.1, -0.05) is 51.0 Å². The van der Waals surface area contributed by atoms with Crippen LogP contribution in [-0.4, -0.2) is 91.1 Å². The maximum Gasteiger partial charge on any atom is 0.303 e. The molecule has 60 heavy (non-hydrogen) atoms. The summed E-state index contributed by atoms with van der Waals surface area (Å²) in [5, 5.41) is 7.03. The molecule has 3 aliphatic rings. The average Bonchev–Trinajstić information content (AvgIpc) is 3.49. The highest BCUT2D eigenvalue weighted by atomic mass is 32.2. The number of hydrogen-bond donors (Lipinski definition) is 2. The van der Waals surface area contributed by atoms with Gasteiger partial charge in [0.15, 0.2) is 5.78 Å². The summed E-state index contributed by atoms with van der Waals surface area (Å²) in [4.78, 5) is 55.2. The number of allylic oxidation sites excluding steroid dienone is 2. The molecule has 2 amide bonds. The Hall–Kier alpha value is -4.86. The first kappa shape index (κ1) is 43.2. The Morgan fingerprint density at radius 1 is 1.05 bits per heavy atom. The van der Waals surface area contributed by atoms with Crippen molar-refractivity contribution in [3.05, 3.63) is 76.8 Å². The highest BCUT2D eigenvalue weighted by molar-refractivity contribution is 7.87. The number of aryl methyl sites for hydroxylation is 2. The third-order valence-electron chi connectivity index (χ3n) is 12.1. The molecule has 4 heterocycles. The van der Waals surface area contributed by atoms with Gasteiger partial charge in [0.25, 0.3) is 0 Å². The van der Waals surface area contributed by atoms with Crippen LogP contribution in [0.15, 0.2) is 60.0 Å². The van der Waals surface area contributed by atoms with Crippen LogP contribution in [0.4, 0.5) is 5.69 Å². The van der Waals surface area contributed by atoms with E-state index in [9.17, 15) is 22.8 Å². The molecule has 2 fully saturated rings. The fourth-order valence-electron chi connectivity index (χ4n) is 8.40. The molecule has 0 bridgehead atoms. The van der Waals surface area contributed by atoms with Gasteiger partial charge < -0.3 is 19.7 Å². The Bertz CT molecular complexity index is 2410. The number of benzene rings is 2. The van der Waals surface area contributed by atoms with E-state index in [0.717, 1.165) is 62.9 Å². The fraction of sp³-hybridized carbons (Fsp3) is 0.489. The van der Waals surface area contributed by atoms with Gasteiger partial charge >= 0.3 is 10.2 Å². The van der Waals surface area contributed by atoms with E-state index in [1.807, 2.05) is 73.8 Å². The van der Waals surface area contributed by atoms with E-state index >= 15 is 0 Å². The first-order valence-electron chi connectivity index (χ1n) is 20.8. The lowest BCUT2D eigenvalue weighted by atomic mass is 9.91. The second-order valence-electron chi connectivity index (χ2n) is 17.0. The number of ether oxygens (including phenoxy) is 2. The molecular formula is C45H56N6O7S2. The predicted octanol–water partition coefficient (Wildman–Crippen LogP) is 7.34. The number of rotatable bonds is 10. The van der Waals surface area contributed by atoms with Crippen LogP contribution in [0.5, 0.6) is 11.5 Å². The number of hydrogen-bond acceptors (Lipinski definition) is 11. The van der Waals surface area contributed by atoms with Crippen molar-refractivity contribution in [2.75, 3.05) is 33.1 Å². The maximum atomic E-state index is 14.9. The molecule has 5 atom stereocenters. The van der Waals surface area contributed by atoms with E-state index < -0.39 is 39.7 Å². The van der Waals surface area contributed by atoms with Gasteiger partial charge in [-0.25, -0.2) is 14.7 Å². The van der Waals surface area contributed by atoms with Gasteiger partial charge in [-0.2, -0.15) is 12.7 Å². The molecular weight excluding hydrogens is 801 g/mol. The zero-order chi connectivity index (χ0) is 42.9. The molecule has 1 aliphatic carbocycles. The van der Waals surface area contributed by atoms with E-state index in [-0.39, 0.29) is 42.9 Å². The monoisotopic (exact) mass is 856 g/mol. The molecule has 0 spiro atoms. The summed E-state index contributed by atoms with van der Waals surface area (Å²) in [6.45, 7) is 8.26. The number of amides is 2. The summed E-state index contributed by atoms with van der Waals surface area (Å²) in [5.74, 6) is -0.101. The normalized spacial score (nSPS) is 24.4. The van der Waals surface area contributed by atoms with Crippen LogP contribution in [0.1, 0.15) is 88.0 Å². The van der Waals surface area contributed by atoms with Crippen molar-refractivity contribution in [3.63, 3.8) is 0 Å². The van der Waals surface area contributed by atoms with Gasteiger partial charge in [-0.05, 0) is 81.2 Å². The Labute approximate surface area is 357 Å². The van der Waals surface area contributed by atoms with Gasteiger partial charge in [0.05, 0.1) is 36.3 Å². The Morgan fingerprint density at radius 2 is 1.85 bits per heavy atom. The number of thiazole rings is 1. The number of pyridine rings is 1. The largest absolute Gasteiger partial charge is 0.496 e. The number of nitrogens with zero attached hydrogens (tertiary/aromatic N) is 4. The van der Waals surface area contributed by atoms with E-state index in [1.54, 1.807) is 12.0 Å². The molecule has 7 rings (SSSR count). The molecule has 320 valence electrons. The molecule has 2 aromatic carbocycles. The molecule has 15 heteroatoms. The highest BCUT2D eigenvalue weighted by Crippen LogP contribution is 2.57. The molecule has 4 aromatic rings. The maximum absolute atomic E-state index is 14.9. The van der Waals surface area contributed by atoms with E-state index in [0.29, 0.717) is 35.6 Å². The molecule has 2 aliphatic heterocycles. The van der Waals surface area contributed by atoms with Crippen molar-refractivity contribution in [3.8, 4) is 22.2 Å². The zero-order valence-corrected chi connectivity index (χ0v) is 37.1. The second-order valence-corrected chi connectivity index (χ2v) is 19.7. The lowest BCUT2D eigenvalue weighted by Crippen LogP contribution is -2.49. The molecule has 2 aromatic heterocycles. The average molecular weight is 857 g/mol. The second kappa shape index (κ2) is 17.6. The van der Waals surface area contributed by atoms with Gasteiger partial charge in [0.2, 0.25) is 11.8 Å². The number of anilines is 1. The quantitative estimate of drug-likeness (QED) is 0.155. The Balaban J connectivity index is 1.26. The van der Waals surface area contributed by atoms with Gasteiger partial charge in [0, 0.05) is 55.0 Å². The van der Waals surface area contributed by atoms with Crippen LogP contribution in [0.2, 0.25) is 0 Å². The number of Topliss-reactive ketones (excluding diaryl/α,β-unsaturated/α-hetero) is 1. The smallest absolute Gasteiger partial charge is 0.303 e. The van der Waals surface area contributed by atoms with Crippen molar-refractivity contribution in [2.45, 2.75) is 103 Å². The Kier molecular flexibility index (Phi) is 12.7. The topological polar surface area (TPSA) is 160 Å². The summed E-state index contributed by atoms with van der Waals surface area (Å²) in [5.41, 5.74) is 3.73. The molecule has 0 unspecified atom stereocenters. The van der Waals surface area contributed by atoms with Crippen LogP contribution in [0.3, 0.4) is 0 Å². The number of methoxy groups -OCH3 is 1. The lowest BCUT2D eigenvalue weighted by molar-refractivity contribution is -0.139. The minimum absolute atomic E-state index is 0.127. The molecule has 13 nitrogen and oxygen atoms in total. The third-order valence-corrected chi connectivity index (χ3v) is 14.4. The molecule has 0 radical (unpaired) electrons. The van der Waals surface area contributed by atoms with Crippen LogP contribution in [0.25, 0.3) is 21.6 Å². The first-order chi connectivity index (χ1) is 28.6. The first-order valence-corrected chi connectivity index (χ1v) is 23.1. The van der Waals surface area contributed by atoms with Crippen molar-refractivity contribution >= 4 is 55.7 Å². The highest BCUT2D eigenvalue weighted by Gasteiger charge is 2.61. The van der Waals surface area contributed by atoms with Crippen LogP contribution in [-0.2, 0) is 24.6 Å². The van der Waals surface area contributed by atoms with E-state index in [2.05, 4.69) is 23.9 Å². The number of nitrogens with one attached hydrogen (secondary N) is 2. The van der Waals surface area contributed by atoms with Crippen molar-refractivity contribution in [1.82, 2.24) is 23.9 Å². The molecule has 2 N–H and O–H groups in total. The predicted molar refractivity (Wildman–Crippen MR) is 234 cm³/mol.